The molecule has 3 rings (SSSR count). The van der Waals surface area contributed by atoms with E-state index in [0.29, 0.717) is 22.6 Å². The fraction of sp³-hybridized carbons (Fsp3) is 0.318. The van der Waals surface area contributed by atoms with Gasteiger partial charge in [0.1, 0.15) is 17.4 Å². The van der Waals surface area contributed by atoms with E-state index in [-0.39, 0.29) is 0 Å². The van der Waals surface area contributed by atoms with Crippen LogP contribution < -0.4 is 20.1 Å². The zero-order chi connectivity index (χ0) is 22.6. The summed E-state index contributed by atoms with van der Waals surface area (Å²) < 4.78 is 21.1. The SMILES string of the molecule is COC(=O)C1(OC)NC(=O)NC(c2ccc(OC)cc2OC)C1C(=O)c1ccccc1. The molecule has 1 saturated heterocycles. The molecule has 2 aromatic rings. The van der Waals surface area contributed by atoms with Crippen LogP contribution in [0.5, 0.6) is 11.5 Å². The van der Waals surface area contributed by atoms with Gasteiger partial charge in [-0.2, -0.15) is 0 Å². The van der Waals surface area contributed by atoms with Gasteiger partial charge in [0.2, 0.25) is 0 Å². The number of urea groups is 1. The van der Waals surface area contributed by atoms with Crippen molar-refractivity contribution in [1.29, 1.82) is 0 Å². The van der Waals surface area contributed by atoms with Gasteiger partial charge in [0, 0.05) is 24.3 Å². The summed E-state index contributed by atoms with van der Waals surface area (Å²) >= 11 is 0. The van der Waals surface area contributed by atoms with Crippen LogP contribution in [0.3, 0.4) is 0 Å². The molecular weight excluding hydrogens is 404 g/mol. The molecule has 0 radical (unpaired) electrons. The number of carbonyl (C=O) groups excluding carboxylic acids is 3. The third-order valence-electron chi connectivity index (χ3n) is 5.28. The molecule has 1 aliphatic rings. The first-order valence-electron chi connectivity index (χ1n) is 9.45. The normalized spacial score (nSPS) is 22.6. The smallest absolute Gasteiger partial charge is 0.360 e. The minimum absolute atomic E-state index is 0.341. The Morgan fingerprint density at radius 3 is 2.26 bits per heavy atom. The number of hydrogen-bond donors (Lipinski definition) is 2. The van der Waals surface area contributed by atoms with Crippen molar-refractivity contribution in [1.82, 2.24) is 10.6 Å². The van der Waals surface area contributed by atoms with Crippen LogP contribution in [0.2, 0.25) is 0 Å². The zero-order valence-electron chi connectivity index (χ0n) is 17.6. The number of Topliss-reactive ketones (excluding diaryl/α,β-unsaturated/α-hetero) is 1. The zero-order valence-corrected chi connectivity index (χ0v) is 17.6. The fourth-order valence-electron chi connectivity index (χ4n) is 3.78. The topological polar surface area (TPSA) is 112 Å². The number of hydrogen-bond acceptors (Lipinski definition) is 7. The van der Waals surface area contributed by atoms with Crippen molar-refractivity contribution in [2.45, 2.75) is 11.8 Å². The average molecular weight is 428 g/mol. The Labute approximate surface area is 179 Å². The van der Waals surface area contributed by atoms with Gasteiger partial charge in [0.15, 0.2) is 5.78 Å². The highest BCUT2D eigenvalue weighted by Gasteiger charge is 2.59. The van der Waals surface area contributed by atoms with E-state index in [2.05, 4.69) is 10.6 Å². The van der Waals surface area contributed by atoms with E-state index >= 15 is 0 Å². The Morgan fingerprint density at radius 1 is 0.968 bits per heavy atom. The van der Waals surface area contributed by atoms with Gasteiger partial charge < -0.3 is 24.3 Å². The van der Waals surface area contributed by atoms with Gasteiger partial charge in [-0.1, -0.05) is 30.3 Å². The molecule has 1 heterocycles. The summed E-state index contributed by atoms with van der Waals surface area (Å²) in [5.41, 5.74) is -1.24. The number of esters is 1. The Bertz CT molecular complexity index is 979. The third-order valence-corrected chi connectivity index (χ3v) is 5.28. The second kappa shape index (κ2) is 9.05. The van der Waals surface area contributed by atoms with Gasteiger partial charge in [-0.25, -0.2) is 9.59 Å². The average Bonchev–Trinajstić information content (AvgIpc) is 2.82. The molecule has 9 heteroatoms. The summed E-state index contributed by atoms with van der Waals surface area (Å²) in [6, 6.07) is 11.7. The Kier molecular flexibility index (Phi) is 6.45. The first-order valence-corrected chi connectivity index (χ1v) is 9.45. The predicted octanol–water partition coefficient (Wildman–Crippen LogP) is 2.07. The molecule has 0 aliphatic carbocycles. The standard InChI is InChI=1S/C22H24N2O7/c1-28-14-10-11-15(16(12-14)29-2)18-17(19(25)13-8-6-5-7-9-13)22(31-4,20(26)30-3)24-21(27)23-18/h5-12,17-18H,1-4H3,(H2,23,24,27). The highest BCUT2D eigenvalue weighted by atomic mass is 16.6. The summed E-state index contributed by atoms with van der Waals surface area (Å²) in [7, 11) is 5.36. The van der Waals surface area contributed by atoms with Crippen molar-refractivity contribution in [3.8, 4) is 11.5 Å². The van der Waals surface area contributed by atoms with Gasteiger partial charge in [0.25, 0.3) is 5.72 Å². The number of ketones is 1. The van der Waals surface area contributed by atoms with Crippen LogP contribution in [0.4, 0.5) is 4.79 Å². The largest absolute Gasteiger partial charge is 0.497 e. The van der Waals surface area contributed by atoms with E-state index < -0.39 is 35.5 Å². The van der Waals surface area contributed by atoms with Crippen molar-refractivity contribution >= 4 is 17.8 Å². The molecule has 3 atom stereocenters. The molecule has 0 aromatic heterocycles. The highest BCUT2D eigenvalue weighted by Crippen LogP contribution is 2.42. The monoisotopic (exact) mass is 428 g/mol. The molecule has 2 N–H and O–H groups in total. The lowest BCUT2D eigenvalue weighted by molar-refractivity contribution is -0.178. The molecule has 31 heavy (non-hydrogen) atoms. The summed E-state index contributed by atoms with van der Waals surface area (Å²) in [5.74, 6) is -1.66. The van der Waals surface area contributed by atoms with E-state index in [4.69, 9.17) is 18.9 Å². The second-order valence-corrected chi connectivity index (χ2v) is 6.82. The maximum Gasteiger partial charge on any atom is 0.360 e. The van der Waals surface area contributed by atoms with Crippen LogP contribution in [-0.2, 0) is 14.3 Å². The fourth-order valence-corrected chi connectivity index (χ4v) is 3.78. The van der Waals surface area contributed by atoms with Gasteiger partial charge in [-0.05, 0) is 12.1 Å². The van der Waals surface area contributed by atoms with Crippen molar-refractivity contribution in [3.05, 3.63) is 59.7 Å². The number of amides is 2. The van der Waals surface area contributed by atoms with Gasteiger partial charge in [-0.15, -0.1) is 0 Å². The molecule has 3 unspecified atom stereocenters. The van der Waals surface area contributed by atoms with E-state index in [9.17, 15) is 14.4 Å². The minimum atomic E-state index is -2.06. The third kappa shape index (κ3) is 3.91. The van der Waals surface area contributed by atoms with Crippen LogP contribution in [-0.4, -0.2) is 51.9 Å². The summed E-state index contributed by atoms with van der Waals surface area (Å²) in [6.45, 7) is 0. The van der Waals surface area contributed by atoms with Crippen LogP contribution in [0.15, 0.2) is 48.5 Å². The molecule has 0 saturated carbocycles. The number of rotatable bonds is 7. The van der Waals surface area contributed by atoms with Gasteiger partial charge >= 0.3 is 12.0 Å². The van der Waals surface area contributed by atoms with E-state index in [1.54, 1.807) is 48.5 Å². The number of carbonyl (C=O) groups is 3. The maximum absolute atomic E-state index is 13.7. The molecule has 9 nitrogen and oxygen atoms in total. The lowest BCUT2D eigenvalue weighted by Gasteiger charge is -2.44. The Hall–Kier alpha value is -3.59. The number of nitrogens with one attached hydrogen (secondary N) is 2. The van der Waals surface area contributed by atoms with Crippen LogP contribution in [0, 0.1) is 5.92 Å². The van der Waals surface area contributed by atoms with E-state index in [0.717, 1.165) is 7.11 Å². The maximum atomic E-state index is 13.7. The first-order chi connectivity index (χ1) is 14.9. The summed E-state index contributed by atoms with van der Waals surface area (Å²) in [4.78, 5) is 39.1. The number of benzene rings is 2. The molecule has 1 aliphatic heterocycles. The molecule has 0 spiro atoms. The van der Waals surface area contributed by atoms with E-state index in [1.165, 1.54) is 21.3 Å². The molecule has 1 fully saturated rings. The Morgan fingerprint density at radius 2 is 1.68 bits per heavy atom. The summed E-state index contributed by atoms with van der Waals surface area (Å²) in [6.07, 6.45) is 0. The Balaban J connectivity index is 2.23. The lowest BCUT2D eigenvalue weighted by Crippen LogP contribution is -2.71. The first kappa shape index (κ1) is 22.1. The van der Waals surface area contributed by atoms with Crippen LogP contribution in [0.1, 0.15) is 22.0 Å². The highest BCUT2D eigenvalue weighted by molar-refractivity contribution is 6.04. The number of methoxy groups -OCH3 is 4. The predicted molar refractivity (Wildman–Crippen MR) is 110 cm³/mol. The molecule has 2 aromatic carbocycles. The molecular formula is C22H24N2O7. The summed E-state index contributed by atoms with van der Waals surface area (Å²) in [5, 5.41) is 5.19. The van der Waals surface area contributed by atoms with Crippen molar-refractivity contribution in [2.75, 3.05) is 28.4 Å². The lowest BCUT2D eigenvalue weighted by atomic mass is 9.77. The van der Waals surface area contributed by atoms with Crippen molar-refractivity contribution in [2.24, 2.45) is 5.92 Å². The van der Waals surface area contributed by atoms with Crippen LogP contribution in [0.25, 0.3) is 0 Å². The molecule has 164 valence electrons. The minimum Gasteiger partial charge on any atom is -0.497 e. The van der Waals surface area contributed by atoms with Gasteiger partial charge in [-0.3, -0.25) is 10.1 Å². The molecule has 2 amide bonds. The van der Waals surface area contributed by atoms with Crippen LogP contribution >= 0.6 is 0 Å². The number of ether oxygens (including phenoxy) is 4. The second-order valence-electron chi connectivity index (χ2n) is 6.82. The van der Waals surface area contributed by atoms with Crippen molar-refractivity contribution in [3.63, 3.8) is 0 Å². The van der Waals surface area contributed by atoms with E-state index in [1.807, 2.05) is 0 Å². The van der Waals surface area contributed by atoms with Crippen molar-refractivity contribution < 1.29 is 33.3 Å². The quantitative estimate of drug-likeness (QED) is 0.513. The van der Waals surface area contributed by atoms with Gasteiger partial charge in [0.05, 0.1) is 27.4 Å². The molecule has 0 bridgehead atoms.